The molecule has 3 aliphatic rings. The summed E-state index contributed by atoms with van der Waals surface area (Å²) in [6, 6.07) is 5.33. The van der Waals surface area contributed by atoms with Crippen LogP contribution in [0, 0.1) is 11.7 Å². The summed E-state index contributed by atoms with van der Waals surface area (Å²) in [4.78, 5) is 34.1. The maximum atomic E-state index is 13.1. The molecule has 28 heavy (non-hydrogen) atoms. The van der Waals surface area contributed by atoms with Crippen molar-refractivity contribution in [2.75, 3.05) is 20.1 Å². The second-order valence-electron chi connectivity index (χ2n) is 7.37. The summed E-state index contributed by atoms with van der Waals surface area (Å²) in [5.41, 5.74) is 7.70. The van der Waals surface area contributed by atoms with Crippen molar-refractivity contribution in [3.05, 3.63) is 59.8 Å². The summed E-state index contributed by atoms with van der Waals surface area (Å²) in [7, 11) is 1.56. The van der Waals surface area contributed by atoms with E-state index >= 15 is 0 Å². The van der Waals surface area contributed by atoms with Crippen molar-refractivity contribution in [2.24, 2.45) is 16.6 Å². The molecule has 0 spiro atoms. The van der Waals surface area contributed by atoms with Crippen molar-refractivity contribution in [3.8, 4) is 0 Å². The molecule has 8 heteroatoms. The zero-order chi connectivity index (χ0) is 20.0. The number of carbonyl (C=O) groups is 2. The van der Waals surface area contributed by atoms with Crippen LogP contribution in [0.1, 0.15) is 24.3 Å². The van der Waals surface area contributed by atoms with Crippen LogP contribution in [0.3, 0.4) is 0 Å². The second kappa shape index (κ2) is 6.78. The fourth-order valence-electron chi connectivity index (χ4n) is 3.44. The number of likely N-dealkylation sites (tertiary alicyclic amines) is 1. The van der Waals surface area contributed by atoms with E-state index in [9.17, 15) is 14.0 Å². The van der Waals surface area contributed by atoms with Crippen LogP contribution in [0.15, 0.2) is 53.4 Å². The summed E-state index contributed by atoms with van der Waals surface area (Å²) in [5.74, 6) is 0.351. The Kier molecular flexibility index (Phi) is 4.41. The standard InChI is InChI=1S/C20H22FN5O2/c1-12(13-3-4-13)23-18-17(9-22)24(2)19(27)26(18)20(28)25-10-15(11-25)14-5-7-16(21)8-6-14/h5-9,13,15H,1,3-4,10-11,22H2,2H3/b17-9+,23-18+. The number of nitrogens with zero attached hydrogens (tertiary/aromatic N) is 4. The van der Waals surface area contributed by atoms with Crippen molar-refractivity contribution in [2.45, 2.75) is 18.8 Å². The van der Waals surface area contributed by atoms with Gasteiger partial charge < -0.3 is 10.6 Å². The highest BCUT2D eigenvalue weighted by molar-refractivity contribution is 6.23. The van der Waals surface area contributed by atoms with Gasteiger partial charge in [0.05, 0.1) is 0 Å². The smallest absolute Gasteiger partial charge is 0.338 e. The number of amidine groups is 1. The van der Waals surface area contributed by atoms with Gasteiger partial charge in [0.25, 0.3) is 0 Å². The maximum absolute atomic E-state index is 13.1. The highest BCUT2D eigenvalue weighted by Gasteiger charge is 2.46. The van der Waals surface area contributed by atoms with Crippen LogP contribution in [0.5, 0.6) is 0 Å². The molecule has 7 nitrogen and oxygen atoms in total. The Balaban J connectivity index is 1.53. The van der Waals surface area contributed by atoms with Crippen molar-refractivity contribution >= 4 is 17.9 Å². The lowest BCUT2D eigenvalue weighted by atomic mass is 9.92. The number of nitrogens with two attached hydrogens (primary N) is 1. The van der Waals surface area contributed by atoms with E-state index in [1.165, 1.54) is 23.2 Å². The van der Waals surface area contributed by atoms with Gasteiger partial charge in [-0.25, -0.2) is 19.0 Å². The van der Waals surface area contributed by atoms with E-state index in [1.807, 2.05) is 0 Å². The first-order valence-electron chi connectivity index (χ1n) is 9.22. The average Bonchev–Trinajstić information content (AvgIpc) is 3.44. The Hall–Kier alpha value is -3.16. The zero-order valence-corrected chi connectivity index (χ0v) is 15.6. The molecule has 0 atom stereocenters. The van der Waals surface area contributed by atoms with Gasteiger partial charge >= 0.3 is 12.1 Å². The number of carbonyl (C=O) groups excluding carboxylic acids is 2. The fraction of sp³-hybridized carbons (Fsp3) is 0.350. The molecule has 1 aromatic carbocycles. The minimum absolute atomic E-state index is 0.117. The molecule has 0 radical (unpaired) electrons. The van der Waals surface area contributed by atoms with Crippen LogP contribution in [-0.4, -0.2) is 52.7 Å². The summed E-state index contributed by atoms with van der Waals surface area (Å²) in [5, 5.41) is 0. The number of benzene rings is 1. The van der Waals surface area contributed by atoms with Gasteiger partial charge in [0.1, 0.15) is 11.5 Å². The molecule has 0 aromatic heterocycles. The second-order valence-corrected chi connectivity index (χ2v) is 7.37. The molecule has 0 bridgehead atoms. The normalized spacial score (nSPS) is 22.9. The fourth-order valence-corrected chi connectivity index (χ4v) is 3.44. The first kappa shape index (κ1) is 18.2. The number of allylic oxidation sites excluding steroid dienone is 1. The maximum Gasteiger partial charge on any atom is 0.338 e. The predicted molar refractivity (Wildman–Crippen MR) is 103 cm³/mol. The third-order valence-electron chi connectivity index (χ3n) is 5.42. The Labute approximate surface area is 162 Å². The highest BCUT2D eigenvalue weighted by atomic mass is 19.1. The van der Waals surface area contributed by atoms with E-state index in [-0.39, 0.29) is 17.6 Å². The van der Waals surface area contributed by atoms with Gasteiger partial charge in [0, 0.05) is 43.9 Å². The van der Waals surface area contributed by atoms with Crippen LogP contribution >= 0.6 is 0 Å². The van der Waals surface area contributed by atoms with Crippen molar-refractivity contribution < 1.29 is 14.0 Å². The molecule has 2 saturated heterocycles. The largest absolute Gasteiger partial charge is 0.403 e. The number of urea groups is 2. The molecule has 146 valence electrons. The number of hydrogen-bond donors (Lipinski definition) is 1. The molecular formula is C20H22FN5O2. The number of hydrogen-bond acceptors (Lipinski definition) is 4. The Bertz CT molecular complexity index is 898. The molecule has 2 N–H and O–H groups in total. The van der Waals surface area contributed by atoms with Crippen molar-refractivity contribution in [3.63, 3.8) is 0 Å². The monoisotopic (exact) mass is 383 g/mol. The topological polar surface area (TPSA) is 82.2 Å². The predicted octanol–water partition coefficient (Wildman–Crippen LogP) is 2.83. The number of rotatable bonds is 3. The van der Waals surface area contributed by atoms with Gasteiger partial charge in [-0.1, -0.05) is 18.7 Å². The Morgan fingerprint density at radius 3 is 2.50 bits per heavy atom. The number of imide groups is 1. The van der Waals surface area contributed by atoms with E-state index in [0.29, 0.717) is 30.4 Å². The van der Waals surface area contributed by atoms with E-state index in [1.54, 1.807) is 24.1 Å². The van der Waals surface area contributed by atoms with E-state index in [4.69, 9.17) is 5.73 Å². The molecular weight excluding hydrogens is 361 g/mol. The summed E-state index contributed by atoms with van der Waals surface area (Å²) in [6.45, 7) is 4.87. The lowest BCUT2D eigenvalue weighted by Gasteiger charge is -2.40. The van der Waals surface area contributed by atoms with Crippen LogP contribution < -0.4 is 5.73 Å². The third-order valence-corrected chi connectivity index (χ3v) is 5.42. The van der Waals surface area contributed by atoms with Gasteiger partial charge in [0.2, 0.25) is 0 Å². The lowest BCUT2D eigenvalue weighted by molar-refractivity contribution is 0.133. The molecule has 1 aliphatic carbocycles. The van der Waals surface area contributed by atoms with Crippen LogP contribution in [0.25, 0.3) is 0 Å². The molecule has 4 rings (SSSR count). The third kappa shape index (κ3) is 3.04. The van der Waals surface area contributed by atoms with Gasteiger partial charge in [-0.3, -0.25) is 4.90 Å². The molecule has 2 heterocycles. The quantitative estimate of drug-likeness (QED) is 0.871. The van der Waals surface area contributed by atoms with Gasteiger partial charge in [-0.15, -0.1) is 0 Å². The van der Waals surface area contributed by atoms with Gasteiger partial charge in [0.15, 0.2) is 5.84 Å². The molecule has 2 aliphatic heterocycles. The summed E-state index contributed by atoms with van der Waals surface area (Å²) in [6.07, 6.45) is 3.31. The van der Waals surface area contributed by atoms with Crippen molar-refractivity contribution in [1.29, 1.82) is 0 Å². The van der Waals surface area contributed by atoms with Crippen LogP contribution in [0.2, 0.25) is 0 Å². The Morgan fingerprint density at radius 1 is 1.29 bits per heavy atom. The first-order valence-corrected chi connectivity index (χ1v) is 9.22. The first-order chi connectivity index (χ1) is 13.4. The van der Waals surface area contributed by atoms with E-state index in [0.717, 1.165) is 23.3 Å². The zero-order valence-electron chi connectivity index (χ0n) is 15.6. The highest BCUT2D eigenvalue weighted by Crippen LogP contribution is 2.37. The minimum Gasteiger partial charge on any atom is -0.403 e. The van der Waals surface area contributed by atoms with Gasteiger partial charge in [-0.05, 0) is 30.5 Å². The minimum atomic E-state index is -0.491. The van der Waals surface area contributed by atoms with Crippen LogP contribution in [-0.2, 0) is 0 Å². The Morgan fingerprint density at radius 2 is 1.93 bits per heavy atom. The number of amides is 4. The molecule has 1 aromatic rings. The van der Waals surface area contributed by atoms with Crippen LogP contribution in [0.4, 0.5) is 14.0 Å². The van der Waals surface area contributed by atoms with Crippen molar-refractivity contribution in [1.82, 2.24) is 14.7 Å². The summed E-state index contributed by atoms with van der Waals surface area (Å²) < 4.78 is 13.1. The molecule has 1 saturated carbocycles. The van der Waals surface area contributed by atoms with Gasteiger partial charge in [-0.2, -0.15) is 4.90 Å². The average molecular weight is 383 g/mol. The summed E-state index contributed by atoms with van der Waals surface area (Å²) >= 11 is 0. The molecule has 4 amide bonds. The van der Waals surface area contributed by atoms with E-state index in [2.05, 4.69) is 11.6 Å². The SMILES string of the molecule is C=C(/N=C1\C(=C/N)N(C)C(=O)N1C(=O)N1CC(c2ccc(F)cc2)C1)C1CC1. The number of aliphatic imine (C=N–C) groups is 1. The molecule has 0 unspecified atom stereocenters. The lowest BCUT2D eigenvalue weighted by Crippen LogP contribution is -2.55. The molecule has 3 fully saturated rings. The number of likely N-dealkylation sites (N-methyl/N-ethyl adjacent to an activating group) is 1. The number of halogens is 1. The van der Waals surface area contributed by atoms with E-state index < -0.39 is 12.1 Å².